The molecule has 0 bridgehead atoms. The van der Waals surface area contributed by atoms with Gasteiger partial charge in [0, 0.05) is 0 Å². The average molecular weight is 321 g/mol. The number of primary amides is 1. The minimum Gasteiger partial charge on any atom is -0.481 e. The van der Waals surface area contributed by atoms with E-state index in [1.807, 2.05) is 5.32 Å². The van der Waals surface area contributed by atoms with Gasteiger partial charge in [0.1, 0.15) is 12.1 Å². The second kappa shape index (κ2) is 8.79. The Kier molecular flexibility index (Phi) is 7.83. The van der Waals surface area contributed by atoms with Crippen LogP contribution in [0.1, 0.15) is 12.8 Å². The van der Waals surface area contributed by atoms with Crippen LogP contribution in [0, 0.1) is 0 Å². The minimum atomic E-state index is -1.51. The van der Waals surface area contributed by atoms with Crippen LogP contribution in [0.5, 0.6) is 0 Å². The highest BCUT2D eigenvalue weighted by molar-refractivity contribution is 7.81. The molecule has 6 N–H and O–H groups in total. The predicted molar refractivity (Wildman–Crippen MR) is 71.4 cm³/mol. The summed E-state index contributed by atoms with van der Waals surface area (Å²) in [6, 6.07) is -2.99. The number of carbonyl (C=O) groups is 5. The minimum absolute atomic E-state index is 0.280. The first kappa shape index (κ1) is 18.7. The second-order valence-electron chi connectivity index (χ2n) is 3.94. The highest BCUT2D eigenvalue weighted by atomic mass is 32.1. The zero-order valence-corrected chi connectivity index (χ0v) is 11.6. The van der Waals surface area contributed by atoms with Gasteiger partial charge in [-0.15, -0.1) is 0 Å². The van der Waals surface area contributed by atoms with E-state index in [0.29, 0.717) is 0 Å². The maximum atomic E-state index is 11.8. The first-order valence-corrected chi connectivity index (χ1v) is 6.24. The number of nitrogens with two attached hydrogens (primary N) is 1. The summed E-state index contributed by atoms with van der Waals surface area (Å²) in [6.07, 6.45) is -1.51. The number of carboxylic acids is 2. The number of carboxylic acid groups (broad SMARTS) is 2. The SMILES string of the molecule is NC(=O)[C@H](CC(=O)O)NC(=O)[C@H](CC(=O)O)NC(=O)CS. The molecule has 11 heteroatoms. The fraction of sp³-hybridized carbons (Fsp3) is 0.500. The third-order valence-electron chi connectivity index (χ3n) is 2.21. The highest BCUT2D eigenvalue weighted by Gasteiger charge is 2.28. The van der Waals surface area contributed by atoms with Crippen LogP contribution in [0.4, 0.5) is 0 Å². The van der Waals surface area contributed by atoms with Crippen molar-refractivity contribution in [2.75, 3.05) is 5.75 Å². The van der Waals surface area contributed by atoms with Gasteiger partial charge >= 0.3 is 11.9 Å². The molecule has 0 aromatic carbocycles. The van der Waals surface area contributed by atoms with Gasteiger partial charge in [0.2, 0.25) is 17.7 Å². The molecule has 0 fully saturated rings. The topological polar surface area (TPSA) is 176 Å². The number of amides is 3. The molecule has 0 aromatic rings. The van der Waals surface area contributed by atoms with E-state index >= 15 is 0 Å². The van der Waals surface area contributed by atoms with Gasteiger partial charge in [0.25, 0.3) is 0 Å². The Hall–Kier alpha value is -2.30. The monoisotopic (exact) mass is 321 g/mol. The number of thiol groups is 1. The molecule has 0 aliphatic heterocycles. The molecule has 0 unspecified atom stereocenters. The molecule has 21 heavy (non-hydrogen) atoms. The standard InChI is InChI=1S/C10H15N3O7S/c11-9(19)4(1-7(15)16)13-10(20)5(2-8(17)18)12-6(14)3-21/h4-5,21H,1-3H2,(H2,11,19)(H,12,14)(H,13,20)(H,15,16)(H,17,18)/t4-,5-/m0/s1. The zero-order chi connectivity index (χ0) is 16.6. The summed E-state index contributed by atoms with van der Waals surface area (Å²) in [5.41, 5.74) is 4.93. The lowest BCUT2D eigenvalue weighted by Crippen LogP contribution is -2.54. The van der Waals surface area contributed by atoms with Gasteiger partial charge in [0.15, 0.2) is 0 Å². The summed E-state index contributed by atoms with van der Waals surface area (Å²) in [5, 5.41) is 21.3. The number of hydrogen-bond acceptors (Lipinski definition) is 6. The summed E-state index contributed by atoms with van der Waals surface area (Å²) in [4.78, 5) is 55.2. The van der Waals surface area contributed by atoms with Crippen LogP contribution in [-0.4, -0.2) is 57.7 Å². The Labute approximate surface area is 124 Å². The fourth-order valence-corrected chi connectivity index (χ4v) is 1.38. The Morgan fingerprint density at radius 1 is 0.952 bits per heavy atom. The lowest BCUT2D eigenvalue weighted by atomic mass is 10.1. The van der Waals surface area contributed by atoms with E-state index in [-0.39, 0.29) is 5.75 Å². The van der Waals surface area contributed by atoms with Crippen LogP contribution in [0.2, 0.25) is 0 Å². The Balaban J connectivity index is 4.91. The van der Waals surface area contributed by atoms with E-state index in [4.69, 9.17) is 15.9 Å². The smallest absolute Gasteiger partial charge is 0.305 e. The molecule has 2 atom stereocenters. The lowest BCUT2D eigenvalue weighted by Gasteiger charge is -2.19. The van der Waals surface area contributed by atoms with Crippen molar-refractivity contribution in [3.63, 3.8) is 0 Å². The molecule has 0 heterocycles. The highest BCUT2D eigenvalue weighted by Crippen LogP contribution is 1.98. The Morgan fingerprint density at radius 2 is 1.43 bits per heavy atom. The van der Waals surface area contributed by atoms with Gasteiger partial charge in [-0.25, -0.2) is 0 Å². The fourth-order valence-electron chi connectivity index (χ4n) is 1.29. The number of carbonyl (C=O) groups excluding carboxylic acids is 3. The first-order chi connectivity index (χ1) is 9.67. The Morgan fingerprint density at radius 3 is 1.81 bits per heavy atom. The van der Waals surface area contributed by atoms with E-state index in [1.54, 1.807) is 0 Å². The maximum Gasteiger partial charge on any atom is 0.305 e. The number of aliphatic carboxylic acids is 2. The van der Waals surface area contributed by atoms with Gasteiger partial charge in [0.05, 0.1) is 18.6 Å². The van der Waals surface area contributed by atoms with Gasteiger partial charge in [-0.2, -0.15) is 12.6 Å². The molecule has 0 aliphatic carbocycles. The quantitative estimate of drug-likeness (QED) is 0.251. The van der Waals surface area contributed by atoms with Crippen LogP contribution in [0.15, 0.2) is 0 Å². The van der Waals surface area contributed by atoms with Crippen molar-refractivity contribution in [1.82, 2.24) is 10.6 Å². The normalized spacial score (nSPS) is 12.8. The van der Waals surface area contributed by atoms with E-state index < -0.39 is 54.6 Å². The molecule has 0 aromatic heterocycles. The van der Waals surface area contributed by atoms with Crippen molar-refractivity contribution in [3.05, 3.63) is 0 Å². The molecule has 118 valence electrons. The van der Waals surface area contributed by atoms with Crippen molar-refractivity contribution >= 4 is 42.3 Å². The van der Waals surface area contributed by atoms with E-state index in [1.165, 1.54) is 0 Å². The van der Waals surface area contributed by atoms with Gasteiger partial charge in [-0.05, 0) is 0 Å². The first-order valence-electron chi connectivity index (χ1n) is 5.60. The molecule has 3 amide bonds. The summed E-state index contributed by atoms with van der Waals surface area (Å²) < 4.78 is 0. The zero-order valence-electron chi connectivity index (χ0n) is 10.7. The molecular weight excluding hydrogens is 306 g/mol. The average Bonchev–Trinajstić information content (AvgIpc) is 2.35. The number of hydrogen-bond donors (Lipinski definition) is 6. The summed E-state index contributed by atoms with van der Waals surface area (Å²) in [6.45, 7) is 0. The summed E-state index contributed by atoms with van der Waals surface area (Å²) in [5.74, 6) is -5.86. The molecule has 0 aliphatic rings. The van der Waals surface area contributed by atoms with Gasteiger partial charge < -0.3 is 26.6 Å². The third-order valence-corrected chi connectivity index (χ3v) is 2.50. The van der Waals surface area contributed by atoms with Crippen molar-refractivity contribution < 1.29 is 34.2 Å². The van der Waals surface area contributed by atoms with Crippen molar-refractivity contribution in [1.29, 1.82) is 0 Å². The van der Waals surface area contributed by atoms with Crippen LogP contribution >= 0.6 is 12.6 Å². The summed E-state index contributed by atoms with van der Waals surface area (Å²) in [7, 11) is 0. The van der Waals surface area contributed by atoms with Crippen molar-refractivity contribution in [2.24, 2.45) is 5.73 Å². The van der Waals surface area contributed by atoms with Crippen LogP contribution < -0.4 is 16.4 Å². The largest absolute Gasteiger partial charge is 0.481 e. The number of rotatable bonds is 9. The molecule has 0 saturated carbocycles. The molecular formula is C10H15N3O7S. The predicted octanol–water partition coefficient (Wildman–Crippen LogP) is -2.68. The maximum absolute atomic E-state index is 11.8. The van der Waals surface area contributed by atoms with E-state index in [9.17, 15) is 24.0 Å². The van der Waals surface area contributed by atoms with Gasteiger partial charge in [-0.1, -0.05) is 0 Å². The molecule has 0 spiro atoms. The molecule has 0 saturated heterocycles. The number of nitrogens with one attached hydrogen (secondary N) is 2. The van der Waals surface area contributed by atoms with Gasteiger partial charge in [-0.3, -0.25) is 24.0 Å². The molecule has 10 nitrogen and oxygen atoms in total. The van der Waals surface area contributed by atoms with E-state index in [2.05, 4.69) is 17.9 Å². The third kappa shape index (κ3) is 7.77. The van der Waals surface area contributed by atoms with Crippen molar-refractivity contribution in [3.8, 4) is 0 Å². The van der Waals surface area contributed by atoms with E-state index in [0.717, 1.165) is 0 Å². The Bertz CT molecular complexity index is 454. The second-order valence-corrected chi connectivity index (χ2v) is 4.25. The van der Waals surface area contributed by atoms with Crippen LogP contribution in [0.25, 0.3) is 0 Å². The molecule has 0 radical (unpaired) electrons. The molecule has 0 rings (SSSR count). The lowest BCUT2D eigenvalue weighted by molar-refractivity contribution is -0.142. The van der Waals surface area contributed by atoms with Crippen LogP contribution in [-0.2, 0) is 24.0 Å². The summed E-state index contributed by atoms with van der Waals surface area (Å²) >= 11 is 3.65. The van der Waals surface area contributed by atoms with Crippen LogP contribution in [0.3, 0.4) is 0 Å². The van der Waals surface area contributed by atoms with Crippen molar-refractivity contribution in [2.45, 2.75) is 24.9 Å².